The summed E-state index contributed by atoms with van der Waals surface area (Å²) in [4.78, 5) is 4.06. The van der Waals surface area contributed by atoms with Crippen molar-refractivity contribution in [3.63, 3.8) is 0 Å². The van der Waals surface area contributed by atoms with E-state index >= 15 is 0 Å². The maximum atomic E-state index is 13.3. The van der Waals surface area contributed by atoms with Gasteiger partial charge in [-0.3, -0.25) is 0 Å². The van der Waals surface area contributed by atoms with Gasteiger partial charge in [-0.05, 0) is 12.8 Å². The lowest BCUT2D eigenvalue weighted by Crippen LogP contribution is -2.36. The fourth-order valence-electron chi connectivity index (χ4n) is 2.86. The van der Waals surface area contributed by atoms with Crippen molar-refractivity contribution in [2.45, 2.75) is 44.2 Å². The van der Waals surface area contributed by atoms with E-state index in [1.165, 1.54) is 6.33 Å². The molecule has 5 heteroatoms. The van der Waals surface area contributed by atoms with Crippen LogP contribution in [0.3, 0.4) is 0 Å². The second-order valence-corrected chi connectivity index (χ2v) is 5.41. The Morgan fingerprint density at radius 2 is 1.84 bits per heavy atom. The molecular weight excluding hydrogens is 250 g/mol. The molecule has 1 aliphatic carbocycles. The maximum absolute atomic E-state index is 13.3. The molecule has 1 aliphatic rings. The number of imidazole rings is 1. The number of halogens is 2. The molecule has 0 radical (unpaired) electrons. The molecule has 1 aromatic carbocycles. The summed E-state index contributed by atoms with van der Waals surface area (Å²) in [5.74, 6) is -1.78. The molecule has 1 heterocycles. The van der Waals surface area contributed by atoms with Crippen LogP contribution >= 0.6 is 0 Å². The first-order valence-electron chi connectivity index (χ1n) is 6.60. The molecule has 19 heavy (non-hydrogen) atoms. The van der Waals surface area contributed by atoms with Crippen molar-refractivity contribution >= 4 is 11.0 Å². The van der Waals surface area contributed by atoms with Crippen LogP contribution in [-0.4, -0.2) is 20.3 Å². The maximum Gasteiger partial charge on any atom is 0.161 e. The van der Waals surface area contributed by atoms with Crippen LogP contribution in [0.1, 0.15) is 32.1 Å². The first-order chi connectivity index (χ1) is 9.07. The minimum Gasteiger partial charge on any atom is -0.388 e. The fraction of sp³-hybridized carbons (Fsp3) is 0.500. The average molecular weight is 266 g/mol. The predicted octanol–water partition coefficient (Wildman–Crippen LogP) is 3.01. The summed E-state index contributed by atoms with van der Waals surface area (Å²) in [6, 6.07) is 2.23. The third-order valence-corrected chi connectivity index (χ3v) is 3.91. The Morgan fingerprint density at radius 1 is 1.16 bits per heavy atom. The number of hydrogen-bond donors (Lipinski definition) is 1. The van der Waals surface area contributed by atoms with Crippen LogP contribution in [-0.2, 0) is 6.54 Å². The zero-order valence-electron chi connectivity index (χ0n) is 10.6. The van der Waals surface area contributed by atoms with Crippen LogP contribution in [0.5, 0.6) is 0 Å². The molecule has 1 saturated carbocycles. The number of aliphatic hydroxyl groups is 1. The van der Waals surface area contributed by atoms with Gasteiger partial charge in [0.2, 0.25) is 0 Å². The van der Waals surface area contributed by atoms with Gasteiger partial charge < -0.3 is 9.67 Å². The zero-order chi connectivity index (χ0) is 13.5. The number of nitrogens with zero attached hydrogens (tertiary/aromatic N) is 2. The molecule has 3 rings (SSSR count). The minimum atomic E-state index is -0.894. The molecule has 0 aliphatic heterocycles. The number of rotatable bonds is 2. The van der Waals surface area contributed by atoms with Crippen molar-refractivity contribution in [1.29, 1.82) is 0 Å². The quantitative estimate of drug-likeness (QED) is 0.907. The van der Waals surface area contributed by atoms with Crippen LogP contribution in [0.15, 0.2) is 18.5 Å². The largest absolute Gasteiger partial charge is 0.388 e. The Kier molecular flexibility index (Phi) is 3.01. The molecule has 1 fully saturated rings. The van der Waals surface area contributed by atoms with Crippen LogP contribution in [0, 0.1) is 11.6 Å². The monoisotopic (exact) mass is 266 g/mol. The molecule has 0 unspecified atom stereocenters. The topological polar surface area (TPSA) is 38.0 Å². The van der Waals surface area contributed by atoms with Crippen molar-refractivity contribution in [2.24, 2.45) is 0 Å². The van der Waals surface area contributed by atoms with Crippen molar-refractivity contribution < 1.29 is 13.9 Å². The molecule has 0 amide bonds. The summed E-state index contributed by atoms with van der Waals surface area (Å²) in [5.41, 5.74) is 0.188. The van der Waals surface area contributed by atoms with Gasteiger partial charge in [0.25, 0.3) is 0 Å². The number of benzene rings is 1. The first kappa shape index (κ1) is 12.5. The molecule has 3 nitrogen and oxygen atoms in total. The number of aromatic nitrogens is 2. The summed E-state index contributed by atoms with van der Waals surface area (Å²) in [6.07, 6.45) is 6.19. The number of hydrogen-bond acceptors (Lipinski definition) is 2. The summed E-state index contributed by atoms with van der Waals surface area (Å²) in [7, 11) is 0. The first-order valence-corrected chi connectivity index (χ1v) is 6.60. The molecule has 1 N–H and O–H groups in total. The van der Waals surface area contributed by atoms with Crippen LogP contribution in [0.4, 0.5) is 8.78 Å². The molecule has 102 valence electrons. The smallest absolute Gasteiger partial charge is 0.161 e. The fourth-order valence-corrected chi connectivity index (χ4v) is 2.86. The Balaban J connectivity index is 1.94. The highest BCUT2D eigenvalue weighted by molar-refractivity contribution is 5.75. The highest BCUT2D eigenvalue weighted by atomic mass is 19.2. The Labute approximate surface area is 109 Å². The van der Waals surface area contributed by atoms with E-state index in [0.29, 0.717) is 17.6 Å². The van der Waals surface area contributed by atoms with Gasteiger partial charge in [-0.25, -0.2) is 13.8 Å². The van der Waals surface area contributed by atoms with Gasteiger partial charge in [0, 0.05) is 12.1 Å². The van der Waals surface area contributed by atoms with Gasteiger partial charge in [0.05, 0.1) is 29.5 Å². The third kappa shape index (κ3) is 2.34. The lowest BCUT2D eigenvalue weighted by atomic mass is 9.85. The summed E-state index contributed by atoms with van der Waals surface area (Å²) >= 11 is 0. The van der Waals surface area contributed by atoms with E-state index in [4.69, 9.17) is 0 Å². The highest BCUT2D eigenvalue weighted by Gasteiger charge is 2.30. The molecule has 1 aromatic heterocycles. The van der Waals surface area contributed by atoms with Crippen LogP contribution < -0.4 is 0 Å². The molecular formula is C14H16F2N2O. The molecule has 2 aromatic rings. The van der Waals surface area contributed by atoms with E-state index in [0.717, 1.165) is 44.2 Å². The summed E-state index contributed by atoms with van der Waals surface area (Å²) in [6.45, 7) is 0.384. The summed E-state index contributed by atoms with van der Waals surface area (Å²) < 4.78 is 28.1. The van der Waals surface area contributed by atoms with Crippen LogP contribution in [0.2, 0.25) is 0 Å². The van der Waals surface area contributed by atoms with Crippen LogP contribution in [0.25, 0.3) is 11.0 Å². The van der Waals surface area contributed by atoms with E-state index in [9.17, 15) is 13.9 Å². The zero-order valence-corrected chi connectivity index (χ0v) is 10.6. The predicted molar refractivity (Wildman–Crippen MR) is 67.7 cm³/mol. The third-order valence-electron chi connectivity index (χ3n) is 3.91. The van der Waals surface area contributed by atoms with Crippen molar-refractivity contribution in [2.75, 3.05) is 0 Å². The van der Waals surface area contributed by atoms with Crippen molar-refractivity contribution in [1.82, 2.24) is 9.55 Å². The van der Waals surface area contributed by atoms with Gasteiger partial charge >= 0.3 is 0 Å². The van der Waals surface area contributed by atoms with Gasteiger partial charge in [-0.15, -0.1) is 0 Å². The highest BCUT2D eigenvalue weighted by Crippen LogP contribution is 2.30. The Hall–Kier alpha value is -1.49. The normalized spacial score (nSPS) is 18.9. The molecule has 0 saturated heterocycles. The van der Waals surface area contributed by atoms with E-state index < -0.39 is 17.2 Å². The lowest BCUT2D eigenvalue weighted by Gasteiger charge is -2.32. The van der Waals surface area contributed by atoms with Gasteiger partial charge in [0.1, 0.15) is 0 Å². The van der Waals surface area contributed by atoms with E-state index in [-0.39, 0.29) is 0 Å². The summed E-state index contributed by atoms with van der Waals surface area (Å²) in [5, 5.41) is 10.5. The SMILES string of the molecule is OC1(Cn2cnc3cc(F)c(F)cc32)CCCCC1. The number of fused-ring (bicyclic) bond motifs is 1. The Bertz CT molecular complexity index is 603. The second-order valence-electron chi connectivity index (χ2n) is 5.41. The van der Waals surface area contributed by atoms with E-state index in [1.807, 2.05) is 0 Å². The van der Waals surface area contributed by atoms with Gasteiger partial charge in [-0.2, -0.15) is 0 Å². The molecule has 0 atom stereocenters. The van der Waals surface area contributed by atoms with Gasteiger partial charge in [0.15, 0.2) is 11.6 Å². The second kappa shape index (κ2) is 4.56. The van der Waals surface area contributed by atoms with Gasteiger partial charge in [-0.1, -0.05) is 19.3 Å². The standard InChI is InChI=1S/C14H16F2N2O/c15-10-6-12-13(7-11(10)16)18(9-17-12)8-14(19)4-2-1-3-5-14/h6-7,9,19H,1-5,8H2. The molecule has 0 bridgehead atoms. The van der Waals surface area contributed by atoms with Crippen molar-refractivity contribution in [3.05, 3.63) is 30.1 Å². The van der Waals surface area contributed by atoms with E-state index in [2.05, 4.69) is 4.98 Å². The van der Waals surface area contributed by atoms with E-state index in [1.54, 1.807) is 4.57 Å². The average Bonchev–Trinajstić information content (AvgIpc) is 2.73. The Morgan fingerprint density at radius 3 is 2.58 bits per heavy atom. The van der Waals surface area contributed by atoms with Crippen molar-refractivity contribution in [3.8, 4) is 0 Å². The minimum absolute atomic E-state index is 0.384. The lowest BCUT2D eigenvalue weighted by molar-refractivity contribution is -0.0106. The molecule has 0 spiro atoms.